The zero-order valence-corrected chi connectivity index (χ0v) is 10.3. The highest BCUT2D eigenvalue weighted by atomic mass is 19.1. The van der Waals surface area contributed by atoms with E-state index in [1.54, 1.807) is 12.1 Å². The molecule has 0 radical (unpaired) electrons. The third-order valence-electron chi connectivity index (χ3n) is 3.19. The maximum Gasteiger partial charge on any atom is 0.231 e. The Labute approximate surface area is 110 Å². The van der Waals surface area contributed by atoms with Crippen molar-refractivity contribution in [1.29, 1.82) is 0 Å². The number of hydrogen-bond donors (Lipinski definition) is 1. The molecule has 0 saturated heterocycles. The normalized spacial score (nSPS) is 14.4. The highest BCUT2D eigenvalue weighted by Gasteiger charge is 2.16. The van der Waals surface area contributed by atoms with Crippen molar-refractivity contribution in [2.45, 2.75) is 12.5 Å². The summed E-state index contributed by atoms with van der Waals surface area (Å²) in [6, 6.07) is 11.9. The van der Waals surface area contributed by atoms with Crippen LogP contribution in [0.15, 0.2) is 42.5 Å². The number of hydrogen-bond acceptors (Lipinski definition) is 3. The zero-order chi connectivity index (χ0) is 13.2. The van der Waals surface area contributed by atoms with Gasteiger partial charge in [-0.05, 0) is 41.8 Å². The van der Waals surface area contributed by atoms with E-state index in [9.17, 15) is 4.39 Å². The second-order valence-corrected chi connectivity index (χ2v) is 4.55. The van der Waals surface area contributed by atoms with Crippen LogP contribution in [0.1, 0.15) is 17.2 Å². The Morgan fingerprint density at radius 2 is 1.79 bits per heavy atom. The van der Waals surface area contributed by atoms with Crippen molar-refractivity contribution >= 4 is 0 Å². The fourth-order valence-corrected chi connectivity index (χ4v) is 2.14. The fraction of sp³-hybridized carbons (Fsp3) is 0.200. The Balaban J connectivity index is 1.76. The molecule has 4 heteroatoms. The van der Waals surface area contributed by atoms with Gasteiger partial charge in [-0.2, -0.15) is 0 Å². The predicted molar refractivity (Wildman–Crippen MR) is 69.6 cm³/mol. The van der Waals surface area contributed by atoms with Crippen LogP contribution < -0.4 is 15.2 Å². The second kappa shape index (κ2) is 4.90. The highest BCUT2D eigenvalue weighted by molar-refractivity contribution is 5.45. The van der Waals surface area contributed by atoms with E-state index in [1.807, 2.05) is 18.2 Å². The van der Waals surface area contributed by atoms with Gasteiger partial charge in [-0.25, -0.2) is 4.39 Å². The summed E-state index contributed by atoms with van der Waals surface area (Å²) in [6.07, 6.45) is 0.653. The van der Waals surface area contributed by atoms with Gasteiger partial charge in [0, 0.05) is 6.04 Å². The number of benzene rings is 2. The molecule has 2 N–H and O–H groups in total. The van der Waals surface area contributed by atoms with Crippen molar-refractivity contribution in [2.75, 3.05) is 6.79 Å². The molecule has 2 aromatic carbocycles. The van der Waals surface area contributed by atoms with E-state index < -0.39 is 0 Å². The van der Waals surface area contributed by atoms with Crippen molar-refractivity contribution in [3.63, 3.8) is 0 Å². The van der Waals surface area contributed by atoms with Crippen LogP contribution in [0.3, 0.4) is 0 Å². The number of fused-ring (bicyclic) bond motifs is 1. The minimum Gasteiger partial charge on any atom is -0.454 e. The summed E-state index contributed by atoms with van der Waals surface area (Å²) in [7, 11) is 0. The second-order valence-electron chi connectivity index (χ2n) is 4.55. The average Bonchev–Trinajstić information content (AvgIpc) is 2.88. The lowest BCUT2D eigenvalue weighted by Gasteiger charge is -2.12. The summed E-state index contributed by atoms with van der Waals surface area (Å²) in [5.41, 5.74) is 8.16. The van der Waals surface area contributed by atoms with E-state index in [2.05, 4.69) is 0 Å². The Morgan fingerprint density at radius 1 is 1.05 bits per heavy atom. The molecule has 0 unspecified atom stereocenters. The number of ether oxygens (including phenoxy) is 2. The molecule has 0 aromatic heterocycles. The molecule has 1 heterocycles. The monoisotopic (exact) mass is 259 g/mol. The largest absolute Gasteiger partial charge is 0.454 e. The first-order valence-electron chi connectivity index (χ1n) is 6.12. The van der Waals surface area contributed by atoms with Gasteiger partial charge in [0.15, 0.2) is 11.5 Å². The summed E-state index contributed by atoms with van der Waals surface area (Å²) in [5.74, 6) is 1.24. The molecule has 0 spiro atoms. The van der Waals surface area contributed by atoms with Gasteiger partial charge in [-0.3, -0.25) is 0 Å². The van der Waals surface area contributed by atoms with E-state index in [4.69, 9.17) is 15.2 Å². The average molecular weight is 259 g/mol. The first-order valence-corrected chi connectivity index (χ1v) is 6.12. The van der Waals surface area contributed by atoms with Crippen LogP contribution in [0.5, 0.6) is 11.5 Å². The zero-order valence-electron chi connectivity index (χ0n) is 10.3. The van der Waals surface area contributed by atoms with Gasteiger partial charge in [0.25, 0.3) is 0 Å². The summed E-state index contributed by atoms with van der Waals surface area (Å²) in [4.78, 5) is 0. The summed E-state index contributed by atoms with van der Waals surface area (Å²) in [6.45, 7) is 0.256. The van der Waals surface area contributed by atoms with Crippen molar-refractivity contribution < 1.29 is 13.9 Å². The first-order chi connectivity index (χ1) is 9.22. The van der Waals surface area contributed by atoms with Crippen LogP contribution >= 0.6 is 0 Å². The molecule has 1 aliphatic heterocycles. The lowest BCUT2D eigenvalue weighted by molar-refractivity contribution is 0.174. The van der Waals surface area contributed by atoms with Gasteiger partial charge in [-0.1, -0.05) is 18.2 Å². The van der Waals surface area contributed by atoms with Crippen LogP contribution in [0.2, 0.25) is 0 Å². The molecule has 3 rings (SSSR count). The smallest absolute Gasteiger partial charge is 0.231 e. The van der Waals surface area contributed by atoms with E-state index in [1.165, 1.54) is 12.1 Å². The third-order valence-corrected chi connectivity index (χ3v) is 3.19. The van der Waals surface area contributed by atoms with Crippen LogP contribution in [0.4, 0.5) is 4.39 Å². The van der Waals surface area contributed by atoms with Gasteiger partial charge in [-0.15, -0.1) is 0 Å². The Hall–Kier alpha value is -2.07. The lowest BCUT2D eigenvalue weighted by atomic mass is 9.99. The van der Waals surface area contributed by atoms with Crippen LogP contribution in [-0.4, -0.2) is 6.79 Å². The van der Waals surface area contributed by atoms with Crippen molar-refractivity contribution in [2.24, 2.45) is 5.73 Å². The lowest BCUT2D eigenvalue weighted by Crippen LogP contribution is -2.13. The van der Waals surface area contributed by atoms with E-state index in [0.717, 1.165) is 22.6 Å². The van der Waals surface area contributed by atoms with Crippen molar-refractivity contribution in [3.8, 4) is 11.5 Å². The molecule has 3 nitrogen and oxygen atoms in total. The SMILES string of the molecule is N[C@H](Cc1ccc(F)cc1)c1ccc2c(c1)OCO2. The molecule has 1 aliphatic rings. The Morgan fingerprint density at radius 3 is 2.58 bits per heavy atom. The molecular weight excluding hydrogens is 245 g/mol. The Kier molecular flexibility index (Phi) is 3.09. The standard InChI is InChI=1S/C15H14FNO2/c16-12-4-1-10(2-5-12)7-13(17)11-3-6-14-15(8-11)19-9-18-14/h1-6,8,13H,7,9,17H2/t13-/m1/s1. The van der Waals surface area contributed by atoms with E-state index >= 15 is 0 Å². The Bertz CT molecular complexity index is 583. The fourth-order valence-electron chi connectivity index (χ4n) is 2.14. The van der Waals surface area contributed by atoms with Gasteiger partial charge in [0.1, 0.15) is 5.82 Å². The molecule has 1 atom stereocenters. The third kappa shape index (κ3) is 2.53. The predicted octanol–water partition coefficient (Wildman–Crippen LogP) is 2.80. The van der Waals surface area contributed by atoms with Gasteiger partial charge < -0.3 is 15.2 Å². The summed E-state index contributed by atoms with van der Waals surface area (Å²) in [5, 5.41) is 0. The van der Waals surface area contributed by atoms with Gasteiger partial charge >= 0.3 is 0 Å². The molecule has 0 aliphatic carbocycles. The van der Waals surface area contributed by atoms with Crippen LogP contribution in [0.25, 0.3) is 0 Å². The van der Waals surface area contributed by atoms with Gasteiger partial charge in [0.05, 0.1) is 0 Å². The highest BCUT2D eigenvalue weighted by Crippen LogP contribution is 2.34. The topological polar surface area (TPSA) is 44.5 Å². The molecule has 0 amide bonds. The van der Waals surface area contributed by atoms with E-state index in [0.29, 0.717) is 6.42 Å². The van der Waals surface area contributed by atoms with E-state index in [-0.39, 0.29) is 18.7 Å². The van der Waals surface area contributed by atoms with Crippen LogP contribution in [-0.2, 0) is 6.42 Å². The summed E-state index contributed by atoms with van der Waals surface area (Å²) >= 11 is 0. The number of rotatable bonds is 3. The summed E-state index contributed by atoms with van der Waals surface area (Å²) < 4.78 is 23.4. The first kappa shape index (κ1) is 12.0. The minimum absolute atomic E-state index is 0.153. The molecule has 0 fully saturated rings. The maximum atomic E-state index is 12.8. The molecule has 0 bridgehead atoms. The quantitative estimate of drug-likeness (QED) is 0.921. The number of halogens is 1. The van der Waals surface area contributed by atoms with Crippen LogP contribution in [0, 0.1) is 5.82 Å². The van der Waals surface area contributed by atoms with Gasteiger partial charge in [0.2, 0.25) is 6.79 Å². The maximum absolute atomic E-state index is 12.8. The minimum atomic E-state index is -0.236. The number of nitrogens with two attached hydrogens (primary N) is 1. The molecule has 2 aromatic rings. The molecule has 0 saturated carbocycles. The van der Waals surface area contributed by atoms with Crippen molar-refractivity contribution in [3.05, 3.63) is 59.4 Å². The van der Waals surface area contributed by atoms with Crippen molar-refractivity contribution in [1.82, 2.24) is 0 Å². The molecule has 19 heavy (non-hydrogen) atoms. The molecule has 98 valence electrons. The molecular formula is C15H14FNO2.